The molecule has 0 saturated heterocycles. The third-order valence-corrected chi connectivity index (χ3v) is 4.04. The summed E-state index contributed by atoms with van der Waals surface area (Å²) in [5.41, 5.74) is 3.23. The Bertz CT molecular complexity index is 941. The van der Waals surface area contributed by atoms with E-state index in [4.69, 9.17) is 0 Å². The molecule has 3 rings (SSSR count). The van der Waals surface area contributed by atoms with Crippen molar-refractivity contribution in [2.45, 2.75) is 20.0 Å². The molecule has 29 heavy (non-hydrogen) atoms. The number of aromatic nitrogens is 2. The van der Waals surface area contributed by atoms with Gasteiger partial charge in [-0.25, -0.2) is 4.99 Å². The van der Waals surface area contributed by atoms with Gasteiger partial charge in [0.2, 0.25) is 0 Å². The van der Waals surface area contributed by atoms with Gasteiger partial charge in [-0.3, -0.25) is 14.8 Å². The summed E-state index contributed by atoms with van der Waals surface area (Å²) < 4.78 is 1.53. The number of anilines is 1. The highest BCUT2D eigenvalue weighted by Gasteiger charge is 2.08. The number of nitrogens with one attached hydrogen (secondary N) is 2. The van der Waals surface area contributed by atoms with Gasteiger partial charge in [0.25, 0.3) is 0 Å². The van der Waals surface area contributed by atoms with Crippen LogP contribution in [0.3, 0.4) is 0 Å². The third-order valence-electron chi connectivity index (χ3n) is 4.04. The van der Waals surface area contributed by atoms with E-state index in [1.807, 2.05) is 30.3 Å². The van der Waals surface area contributed by atoms with Crippen LogP contribution < -0.4 is 10.6 Å². The van der Waals surface area contributed by atoms with Gasteiger partial charge in [0, 0.05) is 12.2 Å². The Balaban J connectivity index is 0.00000300. The normalized spacial score (nSPS) is 10.9. The van der Waals surface area contributed by atoms with Crippen molar-refractivity contribution in [1.29, 1.82) is 0 Å². The number of aliphatic imine (C=N–C) groups is 1. The number of hydrogen-bond donors (Lipinski definition) is 2. The molecule has 3 aromatic rings. The molecule has 2 aromatic carbocycles. The van der Waals surface area contributed by atoms with E-state index >= 15 is 0 Å². The quantitative estimate of drug-likeness (QED) is 0.166. The lowest BCUT2D eigenvalue weighted by molar-refractivity contribution is -0.385. The van der Waals surface area contributed by atoms with E-state index in [1.165, 1.54) is 22.6 Å². The van der Waals surface area contributed by atoms with Crippen LogP contribution in [-0.4, -0.2) is 27.2 Å². The lowest BCUT2D eigenvalue weighted by Crippen LogP contribution is -2.33. The molecular formula is C20H23IN6O2. The molecule has 2 N–H and O–H groups in total. The number of hydrogen-bond acceptors (Lipinski definition) is 4. The van der Waals surface area contributed by atoms with Crippen LogP contribution in [0.25, 0.3) is 0 Å². The number of nitro groups is 1. The molecule has 1 aromatic heterocycles. The maximum Gasteiger partial charge on any atom is 0.306 e. The Morgan fingerprint density at radius 2 is 1.90 bits per heavy atom. The second kappa shape index (κ2) is 11.1. The van der Waals surface area contributed by atoms with E-state index in [-0.39, 0.29) is 29.7 Å². The summed E-state index contributed by atoms with van der Waals surface area (Å²) in [6.45, 7) is 3.59. The number of benzene rings is 2. The van der Waals surface area contributed by atoms with E-state index in [9.17, 15) is 10.1 Å². The predicted molar refractivity (Wildman–Crippen MR) is 125 cm³/mol. The molecule has 152 valence electrons. The zero-order chi connectivity index (χ0) is 19.8. The molecule has 0 spiro atoms. The molecule has 0 radical (unpaired) electrons. The predicted octanol–water partition coefficient (Wildman–Crippen LogP) is 3.98. The average Bonchev–Trinajstić information content (AvgIpc) is 3.17. The number of nitrogens with zero attached hydrogens (tertiary/aromatic N) is 4. The van der Waals surface area contributed by atoms with E-state index in [2.05, 4.69) is 51.9 Å². The third kappa shape index (κ3) is 7.18. The molecule has 0 amide bonds. The first kappa shape index (κ1) is 22.3. The van der Waals surface area contributed by atoms with Crippen LogP contribution in [0.15, 0.2) is 72.0 Å². The monoisotopic (exact) mass is 506 g/mol. The highest BCUT2D eigenvalue weighted by molar-refractivity contribution is 14.0. The molecule has 0 fully saturated rings. The fraction of sp³-hybridized carbons (Fsp3) is 0.200. The maximum atomic E-state index is 10.7. The number of aryl methyl sites for hydroxylation is 1. The van der Waals surface area contributed by atoms with Crippen LogP contribution in [0.1, 0.15) is 11.1 Å². The summed E-state index contributed by atoms with van der Waals surface area (Å²) in [6, 6.07) is 18.0. The topological polar surface area (TPSA) is 97.4 Å². The highest BCUT2D eigenvalue weighted by atomic mass is 127. The SMILES string of the molecule is Cc1ccc(CN=C(NCCn2cc([N+](=O)[O-])cn2)Nc2ccccc2)cc1.I. The van der Waals surface area contributed by atoms with Gasteiger partial charge in [-0.15, -0.1) is 24.0 Å². The number of para-hydroxylation sites is 1. The van der Waals surface area contributed by atoms with Crippen molar-refractivity contribution in [3.63, 3.8) is 0 Å². The Hall–Kier alpha value is -2.95. The van der Waals surface area contributed by atoms with Crippen LogP contribution >= 0.6 is 24.0 Å². The molecule has 8 nitrogen and oxygen atoms in total. The van der Waals surface area contributed by atoms with Gasteiger partial charge in [-0.2, -0.15) is 5.10 Å². The lowest BCUT2D eigenvalue weighted by Gasteiger charge is -2.13. The van der Waals surface area contributed by atoms with Gasteiger partial charge in [-0.05, 0) is 24.6 Å². The Kier molecular flexibility index (Phi) is 8.59. The minimum Gasteiger partial charge on any atom is -0.354 e. The first-order chi connectivity index (χ1) is 13.6. The second-order valence-corrected chi connectivity index (χ2v) is 6.29. The highest BCUT2D eigenvalue weighted by Crippen LogP contribution is 2.08. The molecule has 0 aliphatic rings. The van der Waals surface area contributed by atoms with Gasteiger partial charge >= 0.3 is 5.69 Å². The lowest BCUT2D eigenvalue weighted by atomic mass is 10.1. The molecule has 0 atom stereocenters. The molecule has 0 saturated carbocycles. The minimum atomic E-state index is -0.456. The molecule has 0 aliphatic carbocycles. The van der Waals surface area contributed by atoms with Gasteiger partial charge in [-0.1, -0.05) is 48.0 Å². The Morgan fingerprint density at radius 1 is 1.17 bits per heavy atom. The van der Waals surface area contributed by atoms with Crippen LogP contribution in [0, 0.1) is 17.0 Å². The van der Waals surface area contributed by atoms with Crippen LogP contribution in [0.4, 0.5) is 11.4 Å². The van der Waals surface area contributed by atoms with Gasteiger partial charge in [0.05, 0.1) is 18.0 Å². The number of rotatable bonds is 7. The second-order valence-electron chi connectivity index (χ2n) is 6.29. The van der Waals surface area contributed by atoms with Crippen molar-refractivity contribution >= 4 is 41.3 Å². The van der Waals surface area contributed by atoms with E-state index in [0.717, 1.165) is 11.3 Å². The number of halogens is 1. The summed E-state index contributed by atoms with van der Waals surface area (Å²) in [5, 5.41) is 21.3. The van der Waals surface area contributed by atoms with Crippen molar-refractivity contribution in [2.24, 2.45) is 4.99 Å². The van der Waals surface area contributed by atoms with Crippen molar-refractivity contribution < 1.29 is 4.92 Å². The fourth-order valence-electron chi connectivity index (χ4n) is 2.52. The first-order valence-electron chi connectivity index (χ1n) is 8.93. The first-order valence-corrected chi connectivity index (χ1v) is 8.93. The van der Waals surface area contributed by atoms with Crippen LogP contribution in [0.2, 0.25) is 0 Å². The van der Waals surface area contributed by atoms with Gasteiger partial charge in [0.15, 0.2) is 5.96 Å². The molecule has 0 bridgehead atoms. The van der Waals surface area contributed by atoms with Crippen LogP contribution in [0.5, 0.6) is 0 Å². The minimum absolute atomic E-state index is 0. The van der Waals surface area contributed by atoms with E-state index in [1.54, 1.807) is 0 Å². The zero-order valence-electron chi connectivity index (χ0n) is 16.0. The molecule has 0 unspecified atom stereocenters. The zero-order valence-corrected chi connectivity index (χ0v) is 18.3. The van der Waals surface area contributed by atoms with E-state index in [0.29, 0.717) is 25.6 Å². The van der Waals surface area contributed by atoms with Crippen molar-refractivity contribution in [3.05, 3.63) is 88.2 Å². The van der Waals surface area contributed by atoms with Gasteiger partial charge in [0.1, 0.15) is 12.4 Å². The van der Waals surface area contributed by atoms with Gasteiger partial charge < -0.3 is 10.6 Å². The molecule has 0 aliphatic heterocycles. The Labute approximate surface area is 186 Å². The van der Waals surface area contributed by atoms with Crippen LogP contribution in [-0.2, 0) is 13.1 Å². The molecular weight excluding hydrogens is 483 g/mol. The van der Waals surface area contributed by atoms with Crippen molar-refractivity contribution in [1.82, 2.24) is 15.1 Å². The van der Waals surface area contributed by atoms with E-state index < -0.39 is 4.92 Å². The number of guanidine groups is 1. The maximum absolute atomic E-state index is 10.7. The molecule has 1 heterocycles. The summed E-state index contributed by atoms with van der Waals surface area (Å²) in [5.74, 6) is 0.633. The summed E-state index contributed by atoms with van der Waals surface area (Å²) in [6.07, 6.45) is 2.66. The van der Waals surface area contributed by atoms with Crippen molar-refractivity contribution in [3.8, 4) is 0 Å². The smallest absolute Gasteiger partial charge is 0.306 e. The molecule has 9 heteroatoms. The standard InChI is InChI=1S/C20H22N6O2.HI/c1-16-7-9-17(10-8-16)13-22-20(24-18-5-3-2-4-6-18)21-11-12-25-15-19(14-23-25)26(27)28;/h2-10,14-15H,11-13H2,1H3,(H2,21,22,24);1H. The average molecular weight is 506 g/mol. The summed E-state index contributed by atoms with van der Waals surface area (Å²) in [7, 11) is 0. The summed E-state index contributed by atoms with van der Waals surface area (Å²) in [4.78, 5) is 14.9. The summed E-state index contributed by atoms with van der Waals surface area (Å²) >= 11 is 0. The van der Waals surface area contributed by atoms with Crippen molar-refractivity contribution in [2.75, 3.05) is 11.9 Å². The largest absolute Gasteiger partial charge is 0.354 e. The Morgan fingerprint density at radius 3 is 2.55 bits per heavy atom. The fourth-order valence-corrected chi connectivity index (χ4v) is 2.52.